The average Bonchev–Trinajstić information content (AvgIpc) is 2.40. The lowest BCUT2D eigenvalue weighted by Crippen LogP contribution is -2.60. The molecule has 20 heavy (non-hydrogen) atoms. The van der Waals surface area contributed by atoms with E-state index in [0.717, 1.165) is 0 Å². The lowest BCUT2D eigenvalue weighted by Gasteiger charge is -2.38. The highest BCUT2D eigenvalue weighted by Crippen LogP contribution is 2.24. The molecule has 1 saturated heterocycles. The van der Waals surface area contributed by atoms with Crippen LogP contribution in [0.15, 0.2) is 0 Å². The fourth-order valence-corrected chi connectivity index (χ4v) is 1.98. The van der Waals surface area contributed by atoms with Crippen LogP contribution in [0.3, 0.4) is 0 Å². The molecule has 0 saturated carbocycles. The van der Waals surface area contributed by atoms with Crippen molar-refractivity contribution in [2.45, 2.75) is 57.4 Å². The Bertz CT molecular complexity index is 353. The van der Waals surface area contributed by atoms with E-state index in [0.29, 0.717) is 12.8 Å². The highest BCUT2D eigenvalue weighted by molar-refractivity contribution is 5.74. The summed E-state index contributed by atoms with van der Waals surface area (Å²) in [6, 6.07) is 0. The van der Waals surface area contributed by atoms with Gasteiger partial charge in [-0.1, -0.05) is 13.8 Å². The van der Waals surface area contributed by atoms with E-state index in [4.69, 9.17) is 14.6 Å². The van der Waals surface area contributed by atoms with Crippen LogP contribution in [0.4, 0.5) is 0 Å². The van der Waals surface area contributed by atoms with Gasteiger partial charge >= 0.3 is 11.9 Å². The summed E-state index contributed by atoms with van der Waals surface area (Å²) in [5, 5.41) is 37.6. The zero-order valence-corrected chi connectivity index (χ0v) is 11.3. The molecule has 0 aromatic rings. The van der Waals surface area contributed by atoms with E-state index in [2.05, 4.69) is 0 Å². The first-order chi connectivity index (χ1) is 9.33. The van der Waals surface area contributed by atoms with Crippen LogP contribution in [0.1, 0.15) is 26.7 Å². The number of rotatable bonds is 5. The van der Waals surface area contributed by atoms with Crippen LogP contribution >= 0.6 is 0 Å². The summed E-state index contributed by atoms with van der Waals surface area (Å²) >= 11 is 0. The Hall–Kier alpha value is -1.22. The Morgan fingerprint density at radius 2 is 1.65 bits per heavy atom. The van der Waals surface area contributed by atoms with E-state index in [1.54, 1.807) is 13.8 Å². The highest BCUT2D eigenvalue weighted by Gasteiger charge is 2.48. The molecule has 1 heterocycles. The normalized spacial score (nSPS) is 34.0. The number of carbonyl (C=O) groups is 2. The van der Waals surface area contributed by atoms with Crippen LogP contribution in [0, 0.1) is 5.92 Å². The Morgan fingerprint density at radius 1 is 1.10 bits per heavy atom. The summed E-state index contributed by atoms with van der Waals surface area (Å²) in [7, 11) is 0. The Labute approximate surface area is 115 Å². The Morgan fingerprint density at radius 3 is 2.10 bits per heavy atom. The van der Waals surface area contributed by atoms with Gasteiger partial charge in [-0.3, -0.25) is 4.79 Å². The molecule has 0 aromatic carbocycles. The van der Waals surface area contributed by atoms with Crippen LogP contribution in [0.5, 0.6) is 0 Å². The first-order valence-corrected chi connectivity index (χ1v) is 6.46. The van der Waals surface area contributed by atoms with E-state index in [-0.39, 0.29) is 0 Å². The topological polar surface area (TPSA) is 134 Å². The number of aliphatic carboxylic acids is 1. The van der Waals surface area contributed by atoms with E-state index in [1.165, 1.54) is 0 Å². The molecule has 8 nitrogen and oxygen atoms in total. The number of hydrogen-bond acceptors (Lipinski definition) is 7. The lowest BCUT2D eigenvalue weighted by atomic mass is 9.98. The molecule has 0 unspecified atom stereocenters. The number of carbonyl (C=O) groups excluding carboxylic acids is 1. The third kappa shape index (κ3) is 3.45. The summed E-state index contributed by atoms with van der Waals surface area (Å²) in [6.45, 7) is 3.57. The van der Waals surface area contributed by atoms with Crippen LogP contribution in [-0.4, -0.2) is 63.1 Å². The van der Waals surface area contributed by atoms with Gasteiger partial charge < -0.3 is 29.9 Å². The van der Waals surface area contributed by atoms with Gasteiger partial charge in [0.2, 0.25) is 6.29 Å². The number of esters is 1. The third-order valence-electron chi connectivity index (χ3n) is 3.36. The van der Waals surface area contributed by atoms with Crippen molar-refractivity contribution in [2.75, 3.05) is 0 Å². The monoisotopic (exact) mass is 292 g/mol. The van der Waals surface area contributed by atoms with Crippen molar-refractivity contribution < 1.29 is 39.5 Å². The number of carboxylic acid groups (broad SMARTS) is 1. The second-order valence-corrected chi connectivity index (χ2v) is 4.69. The van der Waals surface area contributed by atoms with Crippen molar-refractivity contribution in [3.05, 3.63) is 0 Å². The second-order valence-electron chi connectivity index (χ2n) is 4.69. The van der Waals surface area contributed by atoms with Crippen molar-refractivity contribution in [3.63, 3.8) is 0 Å². The largest absolute Gasteiger partial charge is 0.479 e. The van der Waals surface area contributed by atoms with Crippen molar-refractivity contribution in [1.82, 2.24) is 0 Å². The van der Waals surface area contributed by atoms with Crippen molar-refractivity contribution in [1.29, 1.82) is 0 Å². The van der Waals surface area contributed by atoms with Gasteiger partial charge in [0.25, 0.3) is 0 Å². The minimum Gasteiger partial charge on any atom is -0.479 e. The van der Waals surface area contributed by atoms with Gasteiger partial charge in [-0.05, 0) is 12.8 Å². The smallest absolute Gasteiger partial charge is 0.335 e. The van der Waals surface area contributed by atoms with Crippen LogP contribution in [0.25, 0.3) is 0 Å². The molecule has 1 rings (SSSR count). The number of hydrogen-bond donors (Lipinski definition) is 4. The average molecular weight is 292 g/mol. The molecule has 1 aliphatic heterocycles. The van der Waals surface area contributed by atoms with E-state index >= 15 is 0 Å². The molecule has 0 aromatic heterocycles. The maximum atomic E-state index is 11.8. The van der Waals surface area contributed by atoms with Crippen LogP contribution < -0.4 is 0 Å². The quantitative estimate of drug-likeness (QED) is 0.467. The number of aliphatic hydroxyl groups is 3. The summed E-state index contributed by atoms with van der Waals surface area (Å²) in [5.41, 5.74) is 0. The van der Waals surface area contributed by atoms with Gasteiger partial charge in [-0.25, -0.2) is 4.79 Å². The second kappa shape index (κ2) is 6.98. The molecule has 0 amide bonds. The fraction of sp³-hybridized carbons (Fsp3) is 0.833. The molecule has 5 atom stereocenters. The summed E-state index contributed by atoms with van der Waals surface area (Å²) < 4.78 is 9.75. The van der Waals surface area contributed by atoms with E-state index in [1.807, 2.05) is 0 Å². The van der Waals surface area contributed by atoms with Crippen molar-refractivity contribution in [3.8, 4) is 0 Å². The van der Waals surface area contributed by atoms with Crippen molar-refractivity contribution >= 4 is 11.9 Å². The van der Waals surface area contributed by atoms with E-state index in [9.17, 15) is 24.9 Å². The third-order valence-corrected chi connectivity index (χ3v) is 3.36. The first kappa shape index (κ1) is 16.8. The molecule has 116 valence electrons. The zero-order chi connectivity index (χ0) is 15.4. The highest BCUT2D eigenvalue weighted by atomic mass is 16.7. The standard InChI is InChI=1S/C12H20O8/c1-3-5(4-2)11(18)20-12-8(15)6(13)7(14)9(19-12)10(16)17/h5-9,12-15H,3-4H2,1-2H3,(H,16,17)/t6-,7-,8+,9-,12-/m0/s1. The summed E-state index contributed by atoms with van der Waals surface area (Å²) in [5.74, 6) is -2.57. The first-order valence-electron chi connectivity index (χ1n) is 6.46. The van der Waals surface area contributed by atoms with Gasteiger partial charge in [0, 0.05) is 0 Å². The molecule has 0 spiro atoms. The summed E-state index contributed by atoms with van der Waals surface area (Å²) in [6.07, 6.45) is -7.64. The lowest BCUT2D eigenvalue weighted by molar-refractivity contribution is -0.287. The van der Waals surface area contributed by atoms with Gasteiger partial charge in [-0.15, -0.1) is 0 Å². The van der Waals surface area contributed by atoms with E-state index < -0.39 is 48.6 Å². The maximum absolute atomic E-state index is 11.8. The molecule has 0 aliphatic carbocycles. The molecular weight excluding hydrogens is 272 g/mol. The molecule has 0 radical (unpaired) electrons. The number of carboxylic acids is 1. The fourth-order valence-electron chi connectivity index (χ4n) is 1.98. The summed E-state index contributed by atoms with van der Waals surface area (Å²) in [4.78, 5) is 22.7. The minimum absolute atomic E-state index is 0.405. The number of aliphatic hydroxyl groups excluding tert-OH is 3. The van der Waals surface area contributed by atoms with Gasteiger partial charge in [0.1, 0.15) is 18.3 Å². The van der Waals surface area contributed by atoms with Crippen LogP contribution in [0.2, 0.25) is 0 Å². The Kier molecular flexibility index (Phi) is 5.88. The molecule has 1 fully saturated rings. The molecule has 1 aliphatic rings. The number of ether oxygens (including phenoxy) is 2. The van der Waals surface area contributed by atoms with Crippen LogP contribution in [-0.2, 0) is 19.1 Å². The predicted molar refractivity (Wildman–Crippen MR) is 64.5 cm³/mol. The molecule has 4 N–H and O–H groups in total. The molecule has 0 bridgehead atoms. The molecule has 8 heteroatoms. The zero-order valence-electron chi connectivity index (χ0n) is 11.3. The van der Waals surface area contributed by atoms with Gasteiger partial charge in [0.15, 0.2) is 6.10 Å². The minimum atomic E-state index is -1.80. The van der Waals surface area contributed by atoms with Gasteiger partial charge in [-0.2, -0.15) is 0 Å². The van der Waals surface area contributed by atoms with Crippen molar-refractivity contribution in [2.24, 2.45) is 5.92 Å². The maximum Gasteiger partial charge on any atom is 0.335 e. The predicted octanol–water partition coefficient (Wildman–Crippen LogP) is -1.14. The Balaban J connectivity index is 2.78. The SMILES string of the molecule is CCC(CC)C(=O)O[C@@H]1O[C@H](C(=O)O)[C@@H](O)[C@H](O)[C@H]1O. The molecular formula is C12H20O8. The van der Waals surface area contributed by atoms with Gasteiger partial charge in [0.05, 0.1) is 5.92 Å².